The molecule has 1 aromatic carbocycles. The summed E-state index contributed by atoms with van der Waals surface area (Å²) in [7, 11) is -3.75. The maximum atomic E-state index is 12.6. The Labute approximate surface area is 113 Å². The van der Waals surface area contributed by atoms with Crippen LogP contribution >= 0.6 is 0 Å². The molecule has 0 fully saturated rings. The number of amides is 1. The van der Waals surface area contributed by atoms with Gasteiger partial charge in [0.2, 0.25) is 10.0 Å². The molecule has 0 aliphatic carbocycles. The lowest BCUT2D eigenvalue weighted by Gasteiger charge is -2.11. The maximum Gasteiger partial charge on any atom is 0.418 e. The molecule has 0 aromatic heterocycles. The molecule has 0 spiro atoms. The van der Waals surface area contributed by atoms with Crippen molar-refractivity contribution in [1.82, 2.24) is 5.32 Å². The van der Waals surface area contributed by atoms with Crippen molar-refractivity contribution in [3.63, 3.8) is 0 Å². The van der Waals surface area contributed by atoms with Crippen LogP contribution in [0.25, 0.3) is 0 Å². The van der Waals surface area contributed by atoms with Gasteiger partial charge in [-0.25, -0.2) is 13.6 Å². The highest BCUT2D eigenvalue weighted by Crippen LogP contribution is 2.33. The Balaban J connectivity index is 2.85. The van der Waals surface area contributed by atoms with E-state index in [0.29, 0.717) is 6.07 Å². The van der Waals surface area contributed by atoms with E-state index in [4.69, 9.17) is 10.9 Å². The molecule has 1 aromatic rings. The molecule has 6 nitrogen and oxygen atoms in total. The lowest BCUT2D eigenvalue weighted by molar-refractivity contribution is -0.136. The zero-order chi connectivity index (χ0) is 15.6. The summed E-state index contributed by atoms with van der Waals surface area (Å²) in [5.74, 6) is -1.36. The predicted octanol–water partition coefficient (Wildman–Crippen LogP) is 0.306. The van der Waals surface area contributed by atoms with Gasteiger partial charge in [-0.15, -0.1) is 0 Å². The average molecular weight is 311 g/mol. The monoisotopic (exact) mass is 311 g/mol. The highest BCUT2D eigenvalue weighted by atomic mass is 32.2. The number of benzene rings is 1. The number of nitrogen functional groups attached to an aromatic ring is 1. The lowest BCUT2D eigenvalue weighted by atomic mass is 10.1. The summed E-state index contributed by atoms with van der Waals surface area (Å²) in [6.45, 7) is -0.302. The van der Waals surface area contributed by atoms with Gasteiger partial charge in [-0.05, 0) is 18.2 Å². The molecular weight excluding hydrogens is 299 g/mol. The number of sulfonamides is 1. The fourth-order valence-electron chi connectivity index (χ4n) is 1.35. The van der Waals surface area contributed by atoms with Crippen LogP contribution in [0.1, 0.15) is 15.9 Å². The summed E-state index contributed by atoms with van der Waals surface area (Å²) in [4.78, 5) is 11.6. The van der Waals surface area contributed by atoms with Gasteiger partial charge in [0.15, 0.2) is 0 Å². The summed E-state index contributed by atoms with van der Waals surface area (Å²) in [6, 6.07) is 2.66. The number of anilines is 1. The highest BCUT2D eigenvalue weighted by molar-refractivity contribution is 7.89. The van der Waals surface area contributed by atoms with Crippen LogP contribution < -0.4 is 16.2 Å². The van der Waals surface area contributed by atoms with Crippen LogP contribution in [-0.4, -0.2) is 26.6 Å². The smallest absolute Gasteiger partial charge is 0.398 e. The Morgan fingerprint density at radius 2 is 1.90 bits per heavy atom. The molecule has 0 radical (unpaired) electrons. The van der Waals surface area contributed by atoms with Crippen LogP contribution in [0.5, 0.6) is 0 Å². The van der Waals surface area contributed by atoms with Gasteiger partial charge < -0.3 is 11.1 Å². The third-order valence-electron chi connectivity index (χ3n) is 2.29. The molecule has 1 rings (SSSR count). The zero-order valence-electron chi connectivity index (χ0n) is 10.1. The van der Waals surface area contributed by atoms with Crippen LogP contribution in [0.4, 0.5) is 18.9 Å². The maximum absolute atomic E-state index is 12.6. The molecule has 0 saturated heterocycles. The molecule has 0 atom stereocenters. The third kappa shape index (κ3) is 4.70. The zero-order valence-corrected chi connectivity index (χ0v) is 10.9. The highest BCUT2D eigenvalue weighted by Gasteiger charge is 2.33. The number of carbonyl (C=O) groups is 1. The largest absolute Gasteiger partial charge is 0.418 e. The molecule has 0 aliphatic heterocycles. The van der Waals surface area contributed by atoms with E-state index in [-0.39, 0.29) is 12.1 Å². The van der Waals surface area contributed by atoms with Crippen LogP contribution in [0.2, 0.25) is 0 Å². The first-order valence-corrected chi connectivity index (χ1v) is 6.97. The van der Waals surface area contributed by atoms with Gasteiger partial charge in [0, 0.05) is 17.8 Å². The minimum Gasteiger partial charge on any atom is -0.398 e. The fourth-order valence-corrected chi connectivity index (χ4v) is 1.74. The Bertz CT molecular complexity index is 614. The minimum atomic E-state index is -4.68. The Kier molecular flexibility index (Phi) is 4.61. The number of halogens is 3. The quantitative estimate of drug-likeness (QED) is 0.694. The van der Waals surface area contributed by atoms with Gasteiger partial charge in [-0.2, -0.15) is 13.2 Å². The summed E-state index contributed by atoms with van der Waals surface area (Å²) in [6.07, 6.45) is -4.68. The summed E-state index contributed by atoms with van der Waals surface area (Å²) in [5.41, 5.74) is 3.28. The number of hydrogen-bond acceptors (Lipinski definition) is 4. The van der Waals surface area contributed by atoms with Crippen molar-refractivity contribution in [3.8, 4) is 0 Å². The van der Waals surface area contributed by atoms with Crippen molar-refractivity contribution < 1.29 is 26.4 Å². The summed E-state index contributed by atoms with van der Waals surface area (Å²) < 4.78 is 59.1. The van der Waals surface area contributed by atoms with E-state index in [1.54, 1.807) is 0 Å². The summed E-state index contributed by atoms with van der Waals surface area (Å²) >= 11 is 0. The third-order valence-corrected chi connectivity index (χ3v) is 3.07. The molecule has 0 aliphatic rings. The molecule has 10 heteroatoms. The minimum absolute atomic E-state index is 0.277. The van der Waals surface area contributed by atoms with E-state index in [9.17, 15) is 26.4 Å². The van der Waals surface area contributed by atoms with E-state index < -0.39 is 39.1 Å². The Morgan fingerprint density at radius 1 is 1.30 bits per heavy atom. The van der Waals surface area contributed by atoms with Crippen molar-refractivity contribution in [3.05, 3.63) is 29.3 Å². The van der Waals surface area contributed by atoms with Crippen LogP contribution in [0, 0.1) is 0 Å². The van der Waals surface area contributed by atoms with E-state index >= 15 is 0 Å². The van der Waals surface area contributed by atoms with Crippen molar-refractivity contribution in [2.24, 2.45) is 5.14 Å². The van der Waals surface area contributed by atoms with E-state index in [0.717, 1.165) is 12.1 Å². The van der Waals surface area contributed by atoms with E-state index in [1.165, 1.54) is 0 Å². The number of nitrogens with one attached hydrogen (secondary N) is 1. The molecule has 5 N–H and O–H groups in total. The average Bonchev–Trinajstić information content (AvgIpc) is 2.26. The number of carbonyl (C=O) groups excluding carboxylic acids is 1. The van der Waals surface area contributed by atoms with Gasteiger partial charge in [-0.1, -0.05) is 0 Å². The standard InChI is InChI=1S/C10H12F3N3O3S/c11-10(12,13)7-5-6(1-2-8(7)14)9(17)16-3-4-20(15,18)19/h1-2,5H,3-4,14H2,(H,16,17)(H2,15,18,19). The second kappa shape index (κ2) is 5.67. The SMILES string of the molecule is Nc1ccc(C(=O)NCCS(N)(=O)=O)cc1C(F)(F)F. The van der Waals surface area contributed by atoms with E-state index in [1.807, 2.05) is 0 Å². The fraction of sp³-hybridized carbons (Fsp3) is 0.300. The van der Waals surface area contributed by atoms with Crippen LogP contribution in [0.15, 0.2) is 18.2 Å². The first-order chi connectivity index (χ1) is 9.00. The molecule has 0 saturated carbocycles. The van der Waals surface area contributed by atoms with E-state index in [2.05, 4.69) is 5.32 Å². The predicted molar refractivity (Wildman–Crippen MR) is 66.2 cm³/mol. The van der Waals surface area contributed by atoms with Gasteiger partial charge in [0.25, 0.3) is 5.91 Å². The Morgan fingerprint density at radius 3 is 2.40 bits per heavy atom. The van der Waals surface area contributed by atoms with Gasteiger partial charge in [0.05, 0.1) is 11.3 Å². The normalized spacial score (nSPS) is 12.2. The number of primary sulfonamides is 1. The first-order valence-electron chi connectivity index (χ1n) is 5.26. The number of nitrogens with two attached hydrogens (primary N) is 2. The van der Waals surface area contributed by atoms with Crippen molar-refractivity contribution >= 4 is 21.6 Å². The van der Waals surface area contributed by atoms with Crippen LogP contribution in [0.3, 0.4) is 0 Å². The van der Waals surface area contributed by atoms with Crippen molar-refractivity contribution in [2.75, 3.05) is 18.0 Å². The van der Waals surface area contributed by atoms with Crippen molar-refractivity contribution in [2.45, 2.75) is 6.18 Å². The number of alkyl halides is 3. The second-order valence-electron chi connectivity index (χ2n) is 3.92. The molecule has 112 valence electrons. The van der Waals surface area contributed by atoms with Gasteiger partial charge in [0.1, 0.15) is 0 Å². The van der Waals surface area contributed by atoms with Gasteiger partial charge >= 0.3 is 6.18 Å². The topological polar surface area (TPSA) is 115 Å². The Hall–Kier alpha value is -1.81. The van der Waals surface area contributed by atoms with Crippen molar-refractivity contribution in [1.29, 1.82) is 0 Å². The summed E-state index contributed by atoms with van der Waals surface area (Å²) in [5, 5.41) is 6.86. The molecule has 0 bridgehead atoms. The first kappa shape index (κ1) is 16.2. The molecule has 20 heavy (non-hydrogen) atoms. The second-order valence-corrected chi connectivity index (χ2v) is 5.66. The number of hydrogen-bond donors (Lipinski definition) is 3. The molecule has 0 unspecified atom stereocenters. The number of rotatable bonds is 4. The van der Waals surface area contributed by atoms with Gasteiger partial charge in [-0.3, -0.25) is 4.79 Å². The molecular formula is C10H12F3N3O3S. The lowest BCUT2D eigenvalue weighted by Crippen LogP contribution is -2.31. The molecule has 0 heterocycles. The van der Waals surface area contributed by atoms with Crippen LogP contribution in [-0.2, 0) is 16.2 Å². The molecule has 1 amide bonds.